The molecule has 44 heavy (non-hydrogen) atoms. The smallest absolute Gasteiger partial charge is 0.407 e. The summed E-state index contributed by atoms with van der Waals surface area (Å²) in [6, 6.07) is 14.6. The van der Waals surface area contributed by atoms with E-state index in [1.807, 2.05) is 83.1 Å². The zero-order valence-corrected chi connectivity index (χ0v) is 25.8. The third-order valence-electron chi connectivity index (χ3n) is 8.34. The molecule has 0 spiro atoms. The summed E-state index contributed by atoms with van der Waals surface area (Å²) in [6.45, 7) is 10.0. The summed E-state index contributed by atoms with van der Waals surface area (Å²) in [5, 5.41) is 15.0. The molecule has 0 bridgehead atoms. The fourth-order valence-electron chi connectivity index (χ4n) is 6.22. The lowest BCUT2D eigenvalue weighted by molar-refractivity contribution is -0.175. The van der Waals surface area contributed by atoms with Crippen molar-refractivity contribution in [2.24, 2.45) is 5.92 Å². The Hall–Kier alpha value is -3.51. The van der Waals surface area contributed by atoms with Crippen molar-refractivity contribution in [1.82, 2.24) is 10.6 Å². The molecular formula is C33H42N2O9. The van der Waals surface area contributed by atoms with Crippen LogP contribution in [-0.4, -0.2) is 78.8 Å². The summed E-state index contributed by atoms with van der Waals surface area (Å²) < 4.78 is 29.5. The number of carboxylic acid groups (broad SMARTS) is 1. The van der Waals surface area contributed by atoms with Gasteiger partial charge < -0.3 is 39.4 Å². The predicted molar refractivity (Wildman–Crippen MR) is 160 cm³/mol. The Morgan fingerprint density at radius 2 is 1.59 bits per heavy atom. The summed E-state index contributed by atoms with van der Waals surface area (Å²) in [7, 11) is 0. The fourth-order valence-corrected chi connectivity index (χ4v) is 6.22. The molecule has 0 aromatic heterocycles. The summed E-state index contributed by atoms with van der Waals surface area (Å²) in [4.78, 5) is 37.2. The molecule has 0 radical (unpaired) electrons. The van der Waals surface area contributed by atoms with Crippen molar-refractivity contribution in [3.8, 4) is 11.1 Å². The summed E-state index contributed by atoms with van der Waals surface area (Å²) in [5.74, 6) is -3.40. The first-order valence-electron chi connectivity index (χ1n) is 15.1. The van der Waals surface area contributed by atoms with E-state index in [1.54, 1.807) is 0 Å². The second-order valence-electron chi connectivity index (χ2n) is 12.6. The van der Waals surface area contributed by atoms with Crippen molar-refractivity contribution >= 4 is 18.0 Å². The van der Waals surface area contributed by atoms with E-state index in [9.17, 15) is 19.5 Å². The first-order valence-corrected chi connectivity index (χ1v) is 15.1. The van der Waals surface area contributed by atoms with E-state index in [-0.39, 0.29) is 62.0 Å². The number of ether oxygens (including phenoxy) is 5. The SMILES string of the molecule is C[C@@H](CNC(=O)CC[C@H](NC(=O)OCC1c2ccccc2-c2ccccc21)C(=O)O)[C@H]1OC(C)(C)O[C@@H]1[C@H]1COC(C)(C)O1. The standard InChI is InChI=1S/C33H42N2O9/c1-19(28-29(44-33(4,5)43-28)26-18-41-32(2,3)42-26)16-34-27(36)15-14-25(30(37)38)35-31(39)40-17-24-22-12-8-6-10-20(22)21-11-7-9-13-23(21)24/h6-13,19,24-26,28-29H,14-18H2,1-5H3,(H,34,36)(H,35,39)(H,37,38)/t19-,25-,26+,28+,29+/m0/s1. The quantitative estimate of drug-likeness (QED) is 0.342. The van der Waals surface area contributed by atoms with Crippen LogP contribution in [0.1, 0.15) is 64.5 Å². The number of carbonyl (C=O) groups excluding carboxylic acids is 2. The maximum atomic E-state index is 12.7. The molecule has 0 saturated carbocycles. The number of hydrogen-bond acceptors (Lipinski definition) is 8. The first kappa shape index (κ1) is 31.9. The monoisotopic (exact) mass is 610 g/mol. The molecule has 2 fully saturated rings. The molecule has 11 nitrogen and oxygen atoms in total. The van der Waals surface area contributed by atoms with Gasteiger partial charge in [-0.15, -0.1) is 0 Å². The number of amides is 2. The van der Waals surface area contributed by atoms with E-state index >= 15 is 0 Å². The van der Waals surface area contributed by atoms with Gasteiger partial charge in [-0.05, 0) is 56.4 Å². The maximum absolute atomic E-state index is 12.7. The number of alkyl carbamates (subject to hydrolysis) is 1. The molecule has 3 N–H and O–H groups in total. The minimum atomic E-state index is -1.28. The van der Waals surface area contributed by atoms with E-state index in [1.165, 1.54) is 0 Å². The Morgan fingerprint density at radius 1 is 0.955 bits per heavy atom. The molecule has 2 aromatic rings. The number of benzene rings is 2. The van der Waals surface area contributed by atoms with Gasteiger partial charge in [-0.25, -0.2) is 9.59 Å². The van der Waals surface area contributed by atoms with Gasteiger partial charge in [-0.2, -0.15) is 0 Å². The average molecular weight is 611 g/mol. The number of nitrogens with one attached hydrogen (secondary N) is 2. The Kier molecular flexibility index (Phi) is 9.31. The molecule has 2 aromatic carbocycles. The largest absolute Gasteiger partial charge is 0.480 e. The third kappa shape index (κ3) is 7.23. The summed E-state index contributed by atoms with van der Waals surface area (Å²) in [5.41, 5.74) is 4.30. The van der Waals surface area contributed by atoms with Crippen molar-refractivity contribution in [3.63, 3.8) is 0 Å². The Morgan fingerprint density at radius 3 is 2.18 bits per heavy atom. The van der Waals surface area contributed by atoms with Gasteiger partial charge >= 0.3 is 12.1 Å². The minimum absolute atomic E-state index is 0.0604. The van der Waals surface area contributed by atoms with Gasteiger partial charge in [0.1, 0.15) is 24.9 Å². The van der Waals surface area contributed by atoms with Crippen LogP contribution in [0, 0.1) is 5.92 Å². The van der Waals surface area contributed by atoms with Crippen LogP contribution in [0.25, 0.3) is 11.1 Å². The number of aliphatic carboxylic acids is 1. The van der Waals surface area contributed by atoms with Crippen molar-refractivity contribution in [1.29, 1.82) is 0 Å². The van der Waals surface area contributed by atoms with Crippen LogP contribution in [0.2, 0.25) is 0 Å². The lowest BCUT2D eigenvalue weighted by atomic mass is 9.96. The molecule has 2 saturated heterocycles. The van der Waals surface area contributed by atoms with Gasteiger partial charge in [0, 0.05) is 24.8 Å². The lowest BCUT2D eigenvalue weighted by Gasteiger charge is -2.27. The van der Waals surface area contributed by atoms with Crippen LogP contribution in [0.4, 0.5) is 4.79 Å². The zero-order chi connectivity index (χ0) is 31.6. The normalized spacial score (nSPS) is 24.6. The average Bonchev–Trinajstić information content (AvgIpc) is 3.62. The Bertz CT molecular complexity index is 1330. The topological polar surface area (TPSA) is 142 Å². The maximum Gasteiger partial charge on any atom is 0.407 e. The highest BCUT2D eigenvalue weighted by atomic mass is 16.8. The number of hydrogen-bond donors (Lipinski definition) is 3. The lowest BCUT2D eigenvalue weighted by Crippen LogP contribution is -2.45. The molecule has 2 heterocycles. The van der Waals surface area contributed by atoms with E-state index < -0.39 is 29.7 Å². The highest BCUT2D eigenvalue weighted by Gasteiger charge is 2.51. The van der Waals surface area contributed by atoms with Gasteiger partial charge in [-0.3, -0.25) is 4.79 Å². The van der Waals surface area contributed by atoms with Crippen molar-refractivity contribution in [2.75, 3.05) is 19.8 Å². The highest BCUT2D eigenvalue weighted by molar-refractivity contribution is 5.82. The van der Waals surface area contributed by atoms with Gasteiger partial charge in [0.2, 0.25) is 5.91 Å². The Labute approximate surface area is 257 Å². The second kappa shape index (κ2) is 12.8. The molecule has 1 aliphatic carbocycles. The van der Waals surface area contributed by atoms with Crippen LogP contribution >= 0.6 is 0 Å². The summed E-state index contributed by atoms with van der Waals surface area (Å²) in [6.07, 6.45) is -2.08. The van der Waals surface area contributed by atoms with Crippen LogP contribution in [-0.2, 0) is 33.3 Å². The number of carbonyl (C=O) groups is 3. The molecule has 2 aliphatic heterocycles. The van der Waals surface area contributed by atoms with E-state index in [2.05, 4.69) is 10.6 Å². The van der Waals surface area contributed by atoms with Gasteiger partial charge in [0.05, 0.1) is 12.7 Å². The van der Waals surface area contributed by atoms with E-state index in [4.69, 9.17) is 23.7 Å². The molecule has 11 heteroatoms. The predicted octanol–water partition coefficient (Wildman–Crippen LogP) is 4.18. The van der Waals surface area contributed by atoms with Gasteiger partial charge in [0.15, 0.2) is 11.6 Å². The molecule has 2 amide bonds. The van der Waals surface area contributed by atoms with Crippen LogP contribution < -0.4 is 10.6 Å². The fraction of sp³-hybridized carbons (Fsp3) is 0.545. The van der Waals surface area contributed by atoms with E-state index in [0.717, 1.165) is 22.3 Å². The summed E-state index contributed by atoms with van der Waals surface area (Å²) >= 11 is 0. The third-order valence-corrected chi connectivity index (χ3v) is 8.34. The molecular weight excluding hydrogens is 568 g/mol. The Balaban J connectivity index is 1.09. The van der Waals surface area contributed by atoms with Crippen molar-refractivity contribution in [2.45, 2.75) is 89.3 Å². The molecule has 3 aliphatic rings. The van der Waals surface area contributed by atoms with Gasteiger partial charge in [-0.1, -0.05) is 55.5 Å². The zero-order valence-electron chi connectivity index (χ0n) is 25.8. The molecule has 5 atom stereocenters. The van der Waals surface area contributed by atoms with Crippen molar-refractivity contribution < 1.29 is 43.2 Å². The van der Waals surface area contributed by atoms with Crippen LogP contribution in [0.3, 0.4) is 0 Å². The van der Waals surface area contributed by atoms with Gasteiger partial charge in [0.25, 0.3) is 0 Å². The second-order valence-corrected chi connectivity index (χ2v) is 12.6. The number of fused-ring (bicyclic) bond motifs is 3. The first-order chi connectivity index (χ1) is 20.8. The van der Waals surface area contributed by atoms with Crippen LogP contribution in [0.5, 0.6) is 0 Å². The van der Waals surface area contributed by atoms with E-state index in [0.29, 0.717) is 6.61 Å². The highest BCUT2D eigenvalue weighted by Crippen LogP contribution is 2.44. The molecule has 0 unspecified atom stereocenters. The number of rotatable bonds is 11. The van der Waals surface area contributed by atoms with Crippen molar-refractivity contribution in [3.05, 3.63) is 59.7 Å². The minimum Gasteiger partial charge on any atom is -0.480 e. The van der Waals surface area contributed by atoms with Crippen LogP contribution in [0.15, 0.2) is 48.5 Å². The molecule has 238 valence electrons. The number of carboxylic acids is 1. The molecule has 5 rings (SSSR count).